The van der Waals surface area contributed by atoms with Crippen LogP contribution in [0, 0.1) is 0 Å². The lowest BCUT2D eigenvalue weighted by Gasteiger charge is -2.50. The number of hydrogen-bond donors (Lipinski definition) is 2. The number of carbonyl (C=O) groups is 1. The van der Waals surface area contributed by atoms with Gasteiger partial charge in [0.15, 0.2) is 0 Å². The Morgan fingerprint density at radius 3 is 2.78 bits per heavy atom. The number of rotatable bonds is 4. The van der Waals surface area contributed by atoms with Gasteiger partial charge in [-0.2, -0.15) is 0 Å². The second-order valence-corrected chi connectivity index (χ2v) is 7.02. The molecule has 1 atom stereocenters. The van der Waals surface area contributed by atoms with E-state index in [2.05, 4.69) is 34.5 Å². The first-order valence-electron chi connectivity index (χ1n) is 8.91. The van der Waals surface area contributed by atoms with Gasteiger partial charge >= 0.3 is 0 Å². The Hall–Kier alpha value is -1.39. The quantitative estimate of drug-likeness (QED) is 0.895. The van der Waals surface area contributed by atoms with Crippen molar-refractivity contribution in [1.29, 1.82) is 0 Å². The van der Waals surface area contributed by atoms with Gasteiger partial charge in [-0.15, -0.1) is 0 Å². The molecule has 1 heterocycles. The number of amides is 1. The normalized spacial score (nSPS) is 21.0. The maximum absolute atomic E-state index is 12.8. The van der Waals surface area contributed by atoms with E-state index in [1.807, 2.05) is 0 Å². The molecule has 1 fully saturated rings. The Morgan fingerprint density at radius 1 is 1.30 bits per heavy atom. The van der Waals surface area contributed by atoms with Crippen LogP contribution < -0.4 is 5.32 Å². The average molecular weight is 316 g/mol. The summed E-state index contributed by atoms with van der Waals surface area (Å²) in [5, 5.41) is 12.4. The molecular weight excluding hydrogens is 288 g/mol. The van der Waals surface area contributed by atoms with E-state index in [0.29, 0.717) is 13.1 Å². The van der Waals surface area contributed by atoms with Crippen LogP contribution in [0.25, 0.3) is 0 Å². The van der Waals surface area contributed by atoms with Crippen LogP contribution in [0.4, 0.5) is 0 Å². The summed E-state index contributed by atoms with van der Waals surface area (Å²) in [6, 6.07) is 8.66. The van der Waals surface area contributed by atoms with Gasteiger partial charge in [0, 0.05) is 13.1 Å². The summed E-state index contributed by atoms with van der Waals surface area (Å²) in [6.45, 7) is 3.32. The molecule has 2 N–H and O–H groups in total. The first kappa shape index (κ1) is 16.5. The summed E-state index contributed by atoms with van der Waals surface area (Å²) in [6.07, 6.45) is 6.33. The van der Waals surface area contributed by atoms with Crippen molar-refractivity contribution in [2.45, 2.75) is 57.1 Å². The lowest BCUT2D eigenvalue weighted by molar-refractivity contribution is -0.139. The van der Waals surface area contributed by atoms with E-state index in [9.17, 15) is 9.90 Å². The van der Waals surface area contributed by atoms with E-state index >= 15 is 0 Å². The molecule has 1 aliphatic carbocycles. The number of hydrogen-bond acceptors (Lipinski definition) is 3. The van der Waals surface area contributed by atoms with Crippen molar-refractivity contribution < 1.29 is 9.90 Å². The maximum Gasteiger partial charge on any atom is 0.237 e. The Balaban J connectivity index is 1.83. The molecule has 4 heteroatoms. The first-order chi connectivity index (χ1) is 11.1. The molecule has 0 unspecified atom stereocenters. The standard InChI is InChI=1S/C19H28N2O2/c1-15(22)13-20-14-18(23)21-12-9-16-7-3-4-8-17(16)19(21)10-5-2-6-11-19/h3-4,7-8,15,20,22H,2,5-6,9-14H2,1H3/t15-/m1/s1. The second-order valence-electron chi connectivity index (χ2n) is 7.02. The SMILES string of the molecule is C[C@@H](O)CNCC(=O)N1CCc2ccccc2C12CCCCC2. The molecule has 4 nitrogen and oxygen atoms in total. The molecular formula is C19H28N2O2. The van der Waals surface area contributed by atoms with Gasteiger partial charge in [-0.05, 0) is 37.3 Å². The van der Waals surface area contributed by atoms with Crippen LogP contribution in [0.3, 0.4) is 0 Å². The first-order valence-corrected chi connectivity index (χ1v) is 8.91. The monoisotopic (exact) mass is 316 g/mol. The molecule has 23 heavy (non-hydrogen) atoms. The summed E-state index contributed by atoms with van der Waals surface area (Å²) in [7, 11) is 0. The van der Waals surface area contributed by atoms with Gasteiger partial charge in [0.1, 0.15) is 0 Å². The number of nitrogens with one attached hydrogen (secondary N) is 1. The van der Waals surface area contributed by atoms with Gasteiger partial charge in [-0.1, -0.05) is 43.5 Å². The van der Waals surface area contributed by atoms with Crippen LogP contribution in [-0.4, -0.2) is 41.7 Å². The van der Waals surface area contributed by atoms with Crippen molar-refractivity contribution in [3.05, 3.63) is 35.4 Å². The second kappa shape index (κ2) is 7.02. The van der Waals surface area contributed by atoms with Crippen LogP contribution in [0.1, 0.15) is 50.2 Å². The maximum atomic E-state index is 12.8. The van der Waals surface area contributed by atoms with Gasteiger partial charge in [0.2, 0.25) is 5.91 Å². The van der Waals surface area contributed by atoms with Crippen molar-refractivity contribution >= 4 is 5.91 Å². The highest BCUT2D eigenvalue weighted by molar-refractivity contribution is 5.80. The number of benzene rings is 1. The molecule has 1 amide bonds. The Morgan fingerprint density at radius 2 is 2.04 bits per heavy atom. The summed E-state index contributed by atoms with van der Waals surface area (Å²) in [5.41, 5.74) is 2.68. The largest absolute Gasteiger partial charge is 0.392 e. The number of aliphatic hydroxyl groups excluding tert-OH is 1. The highest BCUT2D eigenvalue weighted by atomic mass is 16.3. The molecule has 0 bridgehead atoms. The number of fused-ring (bicyclic) bond motifs is 2. The van der Waals surface area contributed by atoms with Crippen molar-refractivity contribution in [2.24, 2.45) is 0 Å². The molecule has 1 aromatic carbocycles. The summed E-state index contributed by atoms with van der Waals surface area (Å²) in [5.74, 6) is 0.169. The molecule has 126 valence electrons. The van der Waals surface area contributed by atoms with Crippen LogP contribution in [0.15, 0.2) is 24.3 Å². The van der Waals surface area contributed by atoms with Crippen LogP contribution >= 0.6 is 0 Å². The zero-order valence-corrected chi connectivity index (χ0v) is 14.1. The number of nitrogens with zero attached hydrogens (tertiary/aromatic N) is 1. The third kappa shape index (κ3) is 3.29. The topological polar surface area (TPSA) is 52.6 Å². The van der Waals surface area contributed by atoms with E-state index in [1.165, 1.54) is 30.4 Å². The van der Waals surface area contributed by atoms with Crippen LogP contribution in [0.5, 0.6) is 0 Å². The van der Waals surface area contributed by atoms with Gasteiger partial charge in [-0.3, -0.25) is 4.79 Å². The highest BCUT2D eigenvalue weighted by Gasteiger charge is 2.44. The molecule has 1 spiro atoms. The zero-order valence-electron chi connectivity index (χ0n) is 14.1. The van der Waals surface area contributed by atoms with Crippen LogP contribution in [-0.2, 0) is 16.8 Å². The summed E-state index contributed by atoms with van der Waals surface area (Å²) in [4.78, 5) is 15.0. The molecule has 3 rings (SSSR count). The molecule has 0 aromatic heterocycles. The summed E-state index contributed by atoms with van der Waals surface area (Å²) >= 11 is 0. The predicted molar refractivity (Wildman–Crippen MR) is 91.2 cm³/mol. The van der Waals surface area contributed by atoms with Crippen molar-refractivity contribution in [1.82, 2.24) is 10.2 Å². The van der Waals surface area contributed by atoms with E-state index in [1.54, 1.807) is 6.92 Å². The molecule has 1 aromatic rings. The fourth-order valence-electron chi connectivity index (χ4n) is 4.31. The predicted octanol–water partition coefficient (Wildman–Crippen LogP) is 2.20. The summed E-state index contributed by atoms with van der Waals surface area (Å²) < 4.78 is 0. The van der Waals surface area contributed by atoms with Gasteiger partial charge in [0.05, 0.1) is 18.2 Å². The fourth-order valence-corrected chi connectivity index (χ4v) is 4.31. The number of carbonyl (C=O) groups excluding carboxylic acids is 1. The molecule has 0 radical (unpaired) electrons. The molecule has 2 aliphatic rings. The van der Waals surface area contributed by atoms with Crippen LogP contribution in [0.2, 0.25) is 0 Å². The minimum atomic E-state index is -0.423. The highest BCUT2D eigenvalue weighted by Crippen LogP contribution is 2.46. The lowest BCUT2D eigenvalue weighted by Crippen LogP contribution is -2.56. The zero-order chi connectivity index (χ0) is 16.3. The van der Waals surface area contributed by atoms with Crippen molar-refractivity contribution in [2.75, 3.05) is 19.6 Å². The smallest absolute Gasteiger partial charge is 0.237 e. The molecule has 1 aliphatic heterocycles. The third-order valence-corrected chi connectivity index (χ3v) is 5.34. The Kier molecular flexibility index (Phi) is 5.02. The van der Waals surface area contributed by atoms with Gasteiger partial charge in [-0.25, -0.2) is 0 Å². The van der Waals surface area contributed by atoms with Gasteiger partial charge in [0.25, 0.3) is 0 Å². The van der Waals surface area contributed by atoms with Crippen molar-refractivity contribution in [3.63, 3.8) is 0 Å². The Bertz CT molecular complexity index is 550. The number of aliphatic hydroxyl groups is 1. The minimum absolute atomic E-state index is 0.101. The van der Waals surface area contributed by atoms with E-state index in [4.69, 9.17) is 0 Å². The molecule has 1 saturated carbocycles. The lowest BCUT2D eigenvalue weighted by atomic mass is 9.71. The third-order valence-electron chi connectivity index (χ3n) is 5.34. The van der Waals surface area contributed by atoms with Crippen molar-refractivity contribution in [3.8, 4) is 0 Å². The fraction of sp³-hybridized carbons (Fsp3) is 0.632. The average Bonchev–Trinajstić information content (AvgIpc) is 2.56. The van der Waals surface area contributed by atoms with Gasteiger partial charge < -0.3 is 15.3 Å². The van der Waals surface area contributed by atoms with E-state index < -0.39 is 6.10 Å². The van der Waals surface area contributed by atoms with E-state index in [-0.39, 0.29) is 11.4 Å². The Labute approximate surface area is 138 Å². The van der Waals surface area contributed by atoms with E-state index in [0.717, 1.165) is 25.8 Å². The minimum Gasteiger partial charge on any atom is -0.392 e. The molecule has 0 saturated heterocycles.